The molecule has 0 aliphatic rings. The summed E-state index contributed by atoms with van der Waals surface area (Å²) in [5.41, 5.74) is -0.921. The molecule has 2 aromatic rings. The molecule has 25 heavy (non-hydrogen) atoms. The minimum Gasteiger partial charge on any atom is -0.462 e. The number of pyridine rings is 1. The first kappa shape index (κ1) is 18.9. The fourth-order valence-corrected chi connectivity index (χ4v) is 2.73. The van der Waals surface area contributed by atoms with E-state index >= 15 is 0 Å². The second kappa shape index (κ2) is 8.06. The van der Waals surface area contributed by atoms with Gasteiger partial charge in [0.25, 0.3) is 5.56 Å². The van der Waals surface area contributed by atoms with Crippen molar-refractivity contribution in [2.75, 3.05) is 13.2 Å². The van der Waals surface area contributed by atoms with E-state index in [9.17, 15) is 18.8 Å². The summed E-state index contributed by atoms with van der Waals surface area (Å²) in [7, 11) is 0. The summed E-state index contributed by atoms with van der Waals surface area (Å²) in [6.45, 7) is 3.42. The van der Waals surface area contributed by atoms with E-state index in [4.69, 9.17) is 9.47 Å². The molecule has 2 rings (SSSR count). The van der Waals surface area contributed by atoms with Crippen molar-refractivity contribution in [2.24, 2.45) is 0 Å². The van der Waals surface area contributed by atoms with E-state index in [-0.39, 0.29) is 34.6 Å². The molecule has 0 aliphatic heterocycles. The van der Waals surface area contributed by atoms with Gasteiger partial charge in [-0.2, -0.15) is 0 Å². The average molecular weight is 412 g/mol. The molecule has 8 heteroatoms. The third kappa shape index (κ3) is 3.96. The lowest BCUT2D eigenvalue weighted by Crippen LogP contribution is -2.31. The summed E-state index contributed by atoms with van der Waals surface area (Å²) >= 11 is 3.19. The Morgan fingerprint density at radius 3 is 2.20 bits per heavy atom. The lowest BCUT2D eigenvalue weighted by Gasteiger charge is -2.15. The van der Waals surface area contributed by atoms with Crippen LogP contribution in [0.2, 0.25) is 0 Å². The Bertz CT molecular complexity index is 861. The van der Waals surface area contributed by atoms with Crippen molar-refractivity contribution in [1.82, 2.24) is 4.57 Å². The zero-order chi connectivity index (χ0) is 18.6. The van der Waals surface area contributed by atoms with E-state index in [2.05, 4.69) is 15.9 Å². The van der Waals surface area contributed by atoms with Crippen molar-refractivity contribution in [3.8, 4) is 5.69 Å². The maximum absolute atomic E-state index is 13.2. The molecule has 0 saturated carbocycles. The fraction of sp³-hybridized carbons (Fsp3) is 0.235. The van der Waals surface area contributed by atoms with Gasteiger partial charge in [0.15, 0.2) is 0 Å². The van der Waals surface area contributed by atoms with E-state index in [0.29, 0.717) is 0 Å². The summed E-state index contributed by atoms with van der Waals surface area (Å²) in [5.74, 6) is -2.08. The van der Waals surface area contributed by atoms with Crippen LogP contribution in [0, 0.1) is 5.82 Å². The number of aromatic nitrogens is 1. The summed E-state index contributed by atoms with van der Waals surface area (Å²) in [4.78, 5) is 37.1. The Morgan fingerprint density at radius 2 is 1.64 bits per heavy atom. The fourth-order valence-electron chi connectivity index (χ4n) is 2.17. The van der Waals surface area contributed by atoms with Crippen LogP contribution in [-0.4, -0.2) is 29.7 Å². The van der Waals surface area contributed by atoms with Crippen molar-refractivity contribution >= 4 is 27.9 Å². The number of carbonyl (C=O) groups excluding carboxylic acids is 2. The SMILES string of the molecule is CCOC(=O)c1cc(Br)c(C(=O)OCC)n(-c2ccc(F)cc2)c1=O. The molecule has 1 heterocycles. The number of carbonyl (C=O) groups is 2. The van der Waals surface area contributed by atoms with Crippen LogP contribution < -0.4 is 5.56 Å². The Labute approximate surface area is 151 Å². The molecule has 0 spiro atoms. The van der Waals surface area contributed by atoms with E-state index in [0.717, 1.165) is 16.7 Å². The summed E-state index contributed by atoms with van der Waals surface area (Å²) in [5, 5.41) is 0. The molecule has 132 valence electrons. The zero-order valence-electron chi connectivity index (χ0n) is 13.5. The molecule has 0 fully saturated rings. The van der Waals surface area contributed by atoms with Crippen LogP contribution in [0.5, 0.6) is 0 Å². The van der Waals surface area contributed by atoms with Gasteiger partial charge in [0.05, 0.1) is 17.7 Å². The van der Waals surface area contributed by atoms with Gasteiger partial charge < -0.3 is 9.47 Å². The second-order valence-electron chi connectivity index (χ2n) is 4.81. The van der Waals surface area contributed by atoms with Crippen molar-refractivity contribution in [2.45, 2.75) is 13.8 Å². The molecule has 0 unspecified atom stereocenters. The van der Waals surface area contributed by atoms with Crippen LogP contribution in [0.3, 0.4) is 0 Å². The Balaban J connectivity index is 2.78. The topological polar surface area (TPSA) is 74.6 Å². The number of benzene rings is 1. The molecule has 0 amide bonds. The number of ether oxygens (including phenoxy) is 2. The maximum atomic E-state index is 13.2. The molecule has 0 saturated heterocycles. The first-order valence-corrected chi connectivity index (χ1v) is 8.25. The highest BCUT2D eigenvalue weighted by Crippen LogP contribution is 2.21. The summed E-state index contributed by atoms with van der Waals surface area (Å²) < 4.78 is 24.2. The van der Waals surface area contributed by atoms with Gasteiger partial charge in [-0.1, -0.05) is 0 Å². The number of nitrogens with zero attached hydrogens (tertiary/aromatic N) is 1. The van der Waals surface area contributed by atoms with Gasteiger partial charge in [0.1, 0.15) is 17.1 Å². The van der Waals surface area contributed by atoms with Crippen molar-refractivity contribution in [3.63, 3.8) is 0 Å². The number of hydrogen-bond acceptors (Lipinski definition) is 5. The van der Waals surface area contributed by atoms with Crippen LogP contribution in [0.15, 0.2) is 39.6 Å². The smallest absolute Gasteiger partial charge is 0.356 e. The number of halogens is 2. The summed E-state index contributed by atoms with van der Waals surface area (Å²) in [6, 6.07) is 6.14. The van der Waals surface area contributed by atoms with Gasteiger partial charge in [-0.3, -0.25) is 9.36 Å². The molecule has 0 aliphatic carbocycles. The van der Waals surface area contributed by atoms with Crippen LogP contribution in [-0.2, 0) is 9.47 Å². The predicted molar refractivity (Wildman–Crippen MR) is 91.6 cm³/mol. The van der Waals surface area contributed by atoms with Crippen LogP contribution in [0.4, 0.5) is 4.39 Å². The van der Waals surface area contributed by atoms with Crippen LogP contribution in [0.1, 0.15) is 34.7 Å². The number of hydrogen-bond donors (Lipinski definition) is 0. The Hall–Kier alpha value is -2.48. The highest BCUT2D eigenvalue weighted by atomic mass is 79.9. The molecular formula is C17H15BrFNO5. The van der Waals surface area contributed by atoms with E-state index in [1.807, 2.05) is 0 Å². The van der Waals surface area contributed by atoms with Gasteiger partial charge in [0.2, 0.25) is 0 Å². The number of rotatable bonds is 5. The molecule has 1 aromatic heterocycles. The third-order valence-corrected chi connectivity index (χ3v) is 3.81. The van der Waals surface area contributed by atoms with E-state index < -0.39 is 23.3 Å². The van der Waals surface area contributed by atoms with Crippen molar-refractivity contribution < 1.29 is 23.5 Å². The monoisotopic (exact) mass is 411 g/mol. The Kier molecular flexibility index (Phi) is 6.08. The molecule has 0 N–H and O–H groups in total. The highest BCUT2D eigenvalue weighted by Gasteiger charge is 2.25. The van der Waals surface area contributed by atoms with Crippen molar-refractivity contribution in [3.05, 3.63) is 62.2 Å². The van der Waals surface area contributed by atoms with Gasteiger partial charge in [-0.15, -0.1) is 0 Å². The third-order valence-electron chi connectivity index (χ3n) is 3.20. The standard InChI is InChI=1S/C17H15BrFNO5/c1-3-24-16(22)12-9-13(18)14(17(23)25-4-2)20(15(12)21)11-7-5-10(19)6-8-11/h5-9H,3-4H2,1-2H3. The van der Waals surface area contributed by atoms with Gasteiger partial charge in [-0.25, -0.2) is 14.0 Å². The normalized spacial score (nSPS) is 10.4. The summed E-state index contributed by atoms with van der Waals surface area (Å²) in [6.07, 6.45) is 0. The highest BCUT2D eigenvalue weighted by molar-refractivity contribution is 9.10. The Morgan fingerprint density at radius 1 is 1.08 bits per heavy atom. The molecular weight excluding hydrogens is 397 g/mol. The number of esters is 2. The quantitative estimate of drug-likeness (QED) is 0.706. The predicted octanol–water partition coefficient (Wildman–Crippen LogP) is 3.09. The van der Waals surface area contributed by atoms with E-state index in [1.165, 1.54) is 18.2 Å². The molecule has 6 nitrogen and oxygen atoms in total. The second-order valence-corrected chi connectivity index (χ2v) is 5.67. The molecule has 0 bridgehead atoms. The molecule has 0 atom stereocenters. The van der Waals surface area contributed by atoms with Crippen LogP contribution in [0.25, 0.3) is 5.69 Å². The maximum Gasteiger partial charge on any atom is 0.356 e. The van der Waals surface area contributed by atoms with Gasteiger partial charge in [0, 0.05) is 5.69 Å². The molecule has 1 aromatic carbocycles. The average Bonchev–Trinajstić information content (AvgIpc) is 2.57. The first-order chi connectivity index (χ1) is 11.9. The van der Waals surface area contributed by atoms with Gasteiger partial charge in [-0.05, 0) is 60.1 Å². The largest absolute Gasteiger partial charge is 0.462 e. The first-order valence-electron chi connectivity index (χ1n) is 7.46. The lowest BCUT2D eigenvalue weighted by molar-refractivity contribution is 0.0499. The van der Waals surface area contributed by atoms with Crippen molar-refractivity contribution in [1.29, 1.82) is 0 Å². The van der Waals surface area contributed by atoms with Crippen LogP contribution >= 0.6 is 15.9 Å². The minimum absolute atomic E-state index is 0.0894. The minimum atomic E-state index is -0.820. The molecule has 0 radical (unpaired) electrons. The zero-order valence-corrected chi connectivity index (χ0v) is 15.1. The lowest BCUT2D eigenvalue weighted by atomic mass is 10.2. The van der Waals surface area contributed by atoms with E-state index in [1.54, 1.807) is 13.8 Å². The van der Waals surface area contributed by atoms with Gasteiger partial charge >= 0.3 is 11.9 Å².